The Morgan fingerprint density at radius 1 is 0.867 bits per heavy atom. The van der Waals surface area contributed by atoms with E-state index in [9.17, 15) is 0 Å². The zero-order valence-electron chi connectivity index (χ0n) is 18.4. The highest BCUT2D eigenvalue weighted by atomic mass is 32.2. The van der Waals surface area contributed by atoms with E-state index >= 15 is 0 Å². The van der Waals surface area contributed by atoms with Gasteiger partial charge < -0.3 is 9.64 Å². The Morgan fingerprint density at radius 2 is 1.43 bits per heavy atom. The first kappa shape index (κ1) is 21.2. The monoisotopic (exact) mass is 417 g/mol. The van der Waals surface area contributed by atoms with Crippen LogP contribution in [0.25, 0.3) is 22.3 Å². The molecule has 1 aliphatic rings. The predicted octanol–water partition coefficient (Wildman–Crippen LogP) is 6.55. The van der Waals surface area contributed by atoms with Crippen LogP contribution in [0.1, 0.15) is 23.7 Å². The van der Waals surface area contributed by atoms with Gasteiger partial charge in [-0.3, -0.25) is 0 Å². The van der Waals surface area contributed by atoms with Crippen molar-refractivity contribution in [1.82, 2.24) is 4.90 Å². The molecule has 0 saturated heterocycles. The van der Waals surface area contributed by atoms with Gasteiger partial charge >= 0.3 is 0 Å². The maximum absolute atomic E-state index is 5.93. The van der Waals surface area contributed by atoms with Gasteiger partial charge in [-0.25, -0.2) is 0 Å². The molecule has 3 aromatic rings. The van der Waals surface area contributed by atoms with Crippen LogP contribution in [0.5, 0.6) is 0 Å². The molecule has 0 amide bonds. The fourth-order valence-corrected chi connectivity index (χ4v) is 5.05. The van der Waals surface area contributed by atoms with Crippen LogP contribution in [-0.4, -0.2) is 38.9 Å². The van der Waals surface area contributed by atoms with Gasteiger partial charge in [0.15, 0.2) is 0 Å². The Hall–Kier alpha value is -2.07. The van der Waals surface area contributed by atoms with Gasteiger partial charge in [-0.1, -0.05) is 54.6 Å². The first-order valence-electron chi connectivity index (χ1n) is 10.6. The normalized spacial score (nSPS) is 18.4. The van der Waals surface area contributed by atoms with Crippen LogP contribution >= 0.6 is 11.8 Å². The second-order valence-electron chi connectivity index (χ2n) is 8.44. The molecule has 0 bridgehead atoms. The molecule has 4 rings (SSSR count). The van der Waals surface area contributed by atoms with Crippen molar-refractivity contribution in [2.24, 2.45) is 5.92 Å². The van der Waals surface area contributed by atoms with Crippen molar-refractivity contribution in [3.8, 4) is 22.3 Å². The third-order valence-corrected chi connectivity index (χ3v) is 6.90. The summed E-state index contributed by atoms with van der Waals surface area (Å²) < 4.78 is 5.93. The Kier molecular flexibility index (Phi) is 6.62. The number of fused-ring (bicyclic) bond motifs is 1. The zero-order chi connectivity index (χ0) is 21.1. The van der Waals surface area contributed by atoms with E-state index in [0.717, 1.165) is 13.0 Å². The van der Waals surface area contributed by atoms with Crippen LogP contribution in [0.4, 0.5) is 0 Å². The van der Waals surface area contributed by atoms with E-state index in [1.807, 2.05) is 7.11 Å². The largest absolute Gasteiger partial charge is 0.376 e. The predicted molar refractivity (Wildman–Crippen MR) is 129 cm³/mol. The van der Waals surface area contributed by atoms with Gasteiger partial charge in [0.2, 0.25) is 0 Å². The molecule has 3 heteroatoms. The number of hydrogen-bond donors (Lipinski definition) is 0. The summed E-state index contributed by atoms with van der Waals surface area (Å²) in [6, 6.07) is 24.6. The molecule has 0 N–H and O–H groups in total. The van der Waals surface area contributed by atoms with Gasteiger partial charge in [0.1, 0.15) is 0 Å². The van der Waals surface area contributed by atoms with E-state index in [1.165, 1.54) is 44.7 Å². The van der Waals surface area contributed by atoms with Crippen molar-refractivity contribution in [1.29, 1.82) is 0 Å². The second kappa shape index (κ2) is 9.38. The van der Waals surface area contributed by atoms with Crippen LogP contribution in [0.2, 0.25) is 0 Å². The quantitative estimate of drug-likeness (QED) is 0.422. The number of benzene rings is 3. The summed E-state index contributed by atoms with van der Waals surface area (Å²) in [5, 5.41) is 0. The molecule has 0 spiro atoms. The van der Waals surface area contributed by atoms with Crippen LogP contribution in [-0.2, 0) is 11.2 Å². The average molecular weight is 418 g/mol. The van der Waals surface area contributed by atoms with Crippen molar-refractivity contribution in [3.63, 3.8) is 0 Å². The van der Waals surface area contributed by atoms with Crippen LogP contribution in [0, 0.1) is 5.92 Å². The molecule has 2 unspecified atom stereocenters. The molecule has 1 aliphatic carbocycles. The van der Waals surface area contributed by atoms with E-state index < -0.39 is 0 Å². The van der Waals surface area contributed by atoms with E-state index in [4.69, 9.17) is 4.74 Å². The summed E-state index contributed by atoms with van der Waals surface area (Å²) in [7, 11) is 6.14. The van der Waals surface area contributed by atoms with E-state index in [1.54, 1.807) is 11.8 Å². The molecule has 3 aromatic carbocycles. The number of nitrogens with zero attached hydrogens (tertiary/aromatic N) is 1. The lowest BCUT2D eigenvalue weighted by Crippen LogP contribution is -2.31. The Balaban J connectivity index is 1.56. The fraction of sp³-hybridized carbons (Fsp3) is 0.333. The molecule has 0 radical (unpaired) electrons. The van der Waals surface area contributed by atoms with E-state index in [0.29, 0.717) is 5.92 Å². The highest BCUT2D eigenvalue weighted by molar-refractivity contribution is 7.98. The van der Waals surface area contributed by atoms with Crippen molar-refractivity contribution in [2.45, 2.75) is 23.8 Å². The molecule has 0 heterocycles. The number of aryl methyl sites for hydroxylation is 1. The van der Waals surface area contributed by atoms with E-state index in [2.05, 4.69) is 92.0 Å². The van der Waals surface area contributed by atoms with Gasteiger partial charge in [0.25, 0.3) is 0 Å². The Bertz CT molecular complexity index is 979. The molecule has 0 saturated carbocycles. The standard InChI is InChI=1S/C27H31NOS/c1-28(2)18-24-10-9-23-17-22(13-16-26(23)27(24)29-3)21-7-5-19(6-8-21)20-11-14-25(30-4)15-12-20/h5-8,11-17,24,27H,9-10,18H2,1-4H3. The fourth-order valence-electron chi connectivity index (χ4n) is 4.64. The maximum Gasteiger partial charge on any atom is 0.0864 e. The van der Waals surface area contributed by atoms with Crippen LogP contribution in [0.3, 0.4) is 0 Å². The third kappa shape index (κ3) is 4.49. The molecule has 0 aliphatic heterocycles. The van der Waals surface area contributed by atoms with Crippen molar-refractivity contribution in [3.05, 3.63) is 77.9 Å². The van der Waals surface area contributed by atoms with Crippen molar-refractivity contribution >= 4 is 11.8 Å². The maximum atomic E-state index is 5.93. The minimum atomic E-state index is 0.192. The molecular weight excluding hydrogens is 386 g/mol. The summed E-state index contributed by atoms with van der Waals surface area (Å²) in [4.78, 5) is 3.57. The first-order valence-corrected chi connectivity index (χ1v) is 11.9. The molecule has 0 fully saturated rings. The smallest absolute Gasteiger partial charge is 0.0864 e. The lowest BCUT2D eigenvalue weighted by atomic mass is 9.80. The van der Waals surface area contributed by atoms with Crippen LogP contribution in [0.15, 0.2) is 71.6 Å². The molecule has 0 aromatic heterocycles. The van der Waals surface area contributed by atoms with Crippen molar-refractivity contribution in [2.75, 3.05) is 34.0 Å². The number of hydrogen-bond acceptors (Lipinski definition) is 3. The minimum Gasteiger partial charge on any atom is -0.376 e. The SMILES string of the molecule is COC1c2ccc(-c3ccc(-c4ccc(SC)cc4)cc3)cc2CCC1CN(C)C. The summed E-state index contributed by atoms with van der Waals surface area (Å²) >= 11 is 1.78. The lowest BCUT2D eigenvalue weighted by Gasteiger charge is -2.34. The van der Waals surface area contributed by atoms with Gasteiger partial charge in [-0.05, 0) is 78.7 Å². The summed E-state index contributed by atoms with van der Waals surface area (Å²) in [6.07, 6.45) is 4.61. The van der Waals surface area contributed by atoms with Gasteiger partial charge in [-0.2, -0.15) is 0 Å². The summed E-state index contributed by atoms with van der Waals surface area (Å²) in [5.41, 5.74) is 7.89. The number of methoxy groups -OCH3 is 1. The lowest BCUT2D eigenvalue weighted by molar-refractivity contribution is 0.0299. The van der Waals surface area contributed by atoms with Gasteiger partial charge in [0.05, 0.1) is 6.10 Å². The molecule has 2 nitrogen and oxygen atoms in total. The van der Waals surface area contributed by atoms with Crippen LogP contribution < -0.4 is 0 Å². The zero-order valence-corrected chi connectivity index (χ0v) is 19.2. The Morgan fingerprint density at radius 3 is 2.00 bits per heavy atom. The van der Waals surface area contributed by atoms with Gasteiger partial charge in [-0.15, -0.1) is 11.8 Å². The third-order valence-electron chi connectivity index (χ3n) is 6.16. The molecule has 30 heavy (non-hydrogen) atoms. The molecular formula is C27H31NOS. The average Bonchev–Trinajstić information content (AvgIpc) is 2.78. The summed E-state index contributed by atoms with van der Waals surface area (Å²) in [6.45, 7) is 1.07. The number of thioether (sulfide) groups is 1. The number of rotatable bonds is 6. The first-order chi connectivity index (χ1) is 14.6. The minimum absolute atomic E-state index is 0.192. The number of ether oxygens (including phenoxy) is 1. The topological polar surface area (TPSA) is 12.5 Å². The highest BCUT2D eigenvalue weighted by Crippen LogP contribution is 2.39. The summed E-state index contributed by atoms with van der Waals surface area (Å²) in [5.74, 6) is 0.556. The van der Waals surface area contributed by atoms with Gasteiger partial charge in [0, 0.05) is 24.5 Å². The molecule has 2 atom stereocenters. The Labute approximate surface area is 185 Å². The van der Waals surface area contributed by atoms with Crippen molar-refractivity contribution < 1.29 is 4.74 Å². The van der Waals surface area contributed by atoms with E-state index in [-0.39, 0.29) is 6.10 Å². The second-order valence-corrected chi connectivity index (χ2v) is 9.32. The molecule has 156 valence electrons. The highest BCUT2D eigenvalue weighted by Gasteiger charge is 2.30.